The molecule has 1 aromatic carbocycles. The number of benzene rings is 1. The van der Waals surface area contributed by atoms with Crippen molar-refractivity contribution in [1.82, 2.24) is 4.90 Å². The second-order valence-corrected chi connectivity index (χ2v) is 6.95. The Labute approximate surface area is 144 Å². The first-order valence-corrected chi connectivity index (χ1v) is 8.56. The molecule has 2 unspecified atom stereocenters. The van der Waals surface area contributed by atoms with Crippen LogP contribution in [0.15, 0.2) is 22.7 Å². The second kappa shape index (κ2) is 7.81. The lowest BCUT2D eigenvalue weighted by molar-refractivity contribution is -0.138. The zero-order valence-electron chi connectivity index (χ0n) is 13.4. The number of methoxy groups -OCH3 is 1. The monoisotopic (exact) mass is 383 g/mol. The normalized spacial score (nSPS) is 18.7. The number of carbonyl (C=O) groups is 2. The number of aliphatic carboxylic acids is 1. The number of halogens is 1. The quantitative estimate of drug-likeness (QED) is 0.814. The maximum atomic E-state index is 12.6. The Kier molecular flexibility index (Phi) is 6.04. The number of ether oxygens (including phenoxy) is 1. The molecule has 6 heteroatoms. The standard InChI is InChI=1S/C17H22BrNO4/c1-11(9-17(21)22)8-16(20)19-7-3-4-14(19)13-10-12(18)5-6-15(13)23-2/h5-6,10-11,14H,3-4,7-9H2,1-2H3,(H,21,22). The van der Waals surface area contributed by atoms with Gasteiger partial charge in [-0.25, -0.2) is 0 Å². The van der Waals surface area contributed by atoms with Crippen molar-refractivity contribution in [3.8, 4) is 5.75 Å². The van der Waals surface area contributed by atoms with Crippen LogP contribution in [0.25, 0.3) is 0 Å². The summed E-state index contributed by atoms with van der Waals surface area (Å²) >= 11 is 3.47. The van der Waals surface area contributed by atoms with Crippen molar-refractivity contribution < 1.29 is 19.4 Å². The molecule has 5 nitrogen and oxygen atoms in total. The first-order valence-electron chi connectivity index (χ1n) is 7.77. The first-order chi connectivity index (χ1) is 10.9. The van der Waals surface area contributed by atoms with Gasteiger partial charge in [0.05, 0.1) is 13.2 Å². The summed E-state index contributed by atoms with van der Waals surface area (Å²) in [5.74, 6) is -0.234. The van der Waals surface area contributed by atoms with Gasteiger partial charge in [-0.3, -0.25) is 9.59 Å². The molecule has 1 aromatic rings. The van der Waals surface area contributed by atoms with Crippen molar-refractivity contribution in [1.29, 1.82) is 0 Å². The van der Waals surface area contributed by atoms with Gasteiger partial charge in [-0.15, -0.1) is 0 Å². The number of hydrogen-bond donors (Lipinski definition) is 1. The Morgan fingerprint density at radius 3 is 2.83 bits per heavy atom. The predicted octanol–water partition coefficient (Wildman–Crippen LogP) is 3.62. The summed E-state index contributed by atoms with van der Waals surface area (Å²) in [4.78, 5) is 25.2. The van der Waals surface area contributed by atoms with E-state index in [0.717, 1.165) is 28.6 Å². The molecule has 0 spiro atoms. The van der Waals surface area contributed by atoms with E-state index in [1.165, 1.54) is 0 Å². The molecule has 1 saturated heterocycles. The van der Waals surface area contributed by atoms with Gasteiger partial charge in [0.1, 0.15) is 5.75 Å². The lowest BCUT2D eigenvalue weighted by Crippen LogP contribution is -2.32. The fraction of sp³-hybridized carbons (Fsp3) is 0.529. The van der Waals surface area contributed by atoms with Crippen molar-refractivity contribution in [2.45, 2.75) is 38.6 Å². The molecule has 1 aliphatic rings. The lowest BCUT2D eigenvalue weighted by atomic mass is 10.0. The molecule has 126 valence electrons. The summed E-state index contributed by atoms with van der Waals surface area (Å²) in [6.45, 7) is 2.51. The maximum absolute atomic E-state index is 12.6. The highest BCUT2D eigenvalue weighted by atomic mass is 79.9. The van der Waals surface area contributed by atoms with Crippen LogP contribution in [0.4, 0.5) is 0 Å². The van der Waals surface area contributed by atoms with Gasteiger partial charge in [-0.05, 0) is 37.0 Å². The van der Waals surface area contributed by atoms with Gasteiger partial charge < -0.3 is 14.7 Å². The predicted molar refractivity (Wildman–Crippen MR) is 90.4 cm³/mol. The fourth-order valence-corrected chi connectivity index (χ4v) is 3.52. The zero-order chi connectivity index (χ0) is 17.0. The third-order valence-electron chi connectivity index (χ3n) is 4.17. The van der Waals surface area contributed by atoms with E-state index in [0.29, 0.717) is 6.54 Å². The molecule has 2 rings (SSSR count). The highest BCUT2D eigenvalue weighted by molar-refractivity contribution is 9.10. The molecule has 1 heterocycles. The number of amides is 1. The number of carboxylic acids is 1. The van der Waals surface area contributed by atoms with Crippen LogP contribution in [0.3, 0.4) is 0 Å². The van der Waals surface area contributed by atoms with Crippen molar-refractivity contribution in [3.05, 3.63) is 28.2 Å². The number of carboxylic acid groups (broad SMARTS) is 1. The molecule has 1 N–H and O–H groups in total. The number of rotatable bonds is 6. The second-order valence-electron chi connectivity index (χ2n) is 6.04. The minimum absolute atomic E-state index is 0.00743. The molecule has 1 amide bonds. The summed E-state index contributed by atoms with van der Waals surface area (Å²) in [7, 11) is 1.63. The fourth-order valence-electron chi connectivity index (χ4n) is 3.14. The van der Waals surface area contributed by atoms with Crippen LogP contribution in [0.2, 0.25) is 0 Å². The van der Waals surface area contributed by atoms with Gasteiger partial charge in [0.15, 0.2) is 0 Å². The summed E-state index contributed by atoms with van der Waals surface area (Å²) < 4.78 is 6.39. The smallest absolute Gasteiger partial charge is 0.303 e. The summed E-state index contributed by atoms with van der Waals surface area (Å²) in [6, 6.07) is 5.80. The maximum Gasteiger partial charge on any atom is 0.303 e. The van der Waals surface area contributed by atoms with E-state index in [1.807, 2.05) is 23.1 Å². The van der Waals surface area contributed by atoms with E-state index in [-0.39, 0.29) is 30.7 Å². The van der Waals surface area contributed by atoms with E-state index in [2.05, 4.69) is 15.9 Å². The third kappa shape index (κ3) is 4.47. The van der Waals surface area contributed by atoms with Crippen LogP contribution in [-0.4, -0.2) is 35.5 Å². The van der Waals surface area contributed by atoms with Crippen molar-refractivity contribution in [2.75, 3.05) is 13.7 Å². The molecular formula is C17H22BrNO4. The van der Waals surface area contributed by atoms with Crippen LogP contribution in [0.1, 0.15) is 44.2 Å². The highest BCUT2D eigenvalue weighted by Crippen LogP contribution is 2.39. The van der Waals surface area contributed by atoms with Crippen molar-refractivity contribution >= 4 is 27.8 Å². The summed E-state index contributed by atoms with van der Waals surface area (Å²) in [5.41, 5.74) is 0.999. The first kappa shape index (κ1) is 17.8. The number of carbonyl (C=O) groups excluding carboxylic acids is 1. The molecule has 0 aliphatic carbocycles. The average molecular weight is 384 g/mol. The van der Waals surface area contributed by atoms with Gasteiger partial charge in [0.2, 0.25) is 5.91 Å². The van der Waals surface area contributed by atoms with Gasteiger partial charge >= 0.3 is 5.97 Å². The lowest BCUT2D eigenvalue weighted by Gasteiger charge is -2.27. The molecule has 2 atom stereocenters. The van der Waals surface area contributed by atoms with E-state index in [4.69, 9.17) is 9.84 Å². The number of nitrogens with zero attached hydrogens (tertiary/aromatic N) is 1. The van der Waals surface area contributed by atoms with E-state index in [9.17, 15) is 9.59 Å². The minimum atomic E-state index is -0.864. The van der Waals surface area contributed by atoms with Crippen LogP contribution in [0.5, 0.6) is 5.75 Å². The van der Waals surface area contributed by atoms with Gasteiger partial charge in [0, 0.05) is 29.4 Å². The van der Waals surface area contributed by atoms with E-state index < -0.39 is 5.97 Å². The van der Waals surface area contributed by atoms with Crippen LogP contribution in [0, 0.1) is 5.92 Å². The summed E-state index contributed by atoms with van der Waals surface area (Å²) in [6.07, 6.45) is 2.12. The molecule has 0 bridgehead atoms. The van der Waals surface area contributed by atoms with Gasteiger partial charge in [0.25, 0.3) is 0 Å². The Balaban J connectivity index is 2.15. The Bertz CT molecular complexity index is 590. The minimum Gasteiger partial charge on any atom is -0.496 e. The highest BCUT2D eigenvalue weighted by Gasteiger charge is 2.32. The molecule has 23 heavy (non-hydrogen) atoms. The molecule has 1 aliphatic heterocycles. The molecule has 0 radical (unpaired) electrons. The van der Waals surface area contributed by atoms with E-state index in [1.54, 1.807) is 14.0 Å². The third-order valence-corrected chi connectivity index (χ3v) is 4.66. The molecule has 0 aromatic heterocycles. The van der Waals surface area contributed by atoms with Crippen molar-refractivity contribution in [3.63, 3.8) is 0 Å². The Morgan fingerprint density at radius 2 is 2.17 bits per heavy atom. The number of hydrogen-bond acceptors (Lipinski definition) is 3. The molecular weight excluding hydrogens is 362 g/mol. The van der Waals surface area contributed by atoms with Gasteiger partial charge in [-0.2, -0.15) is 0 Å². The molecule has 0 saturated carbocycles. The van der Waals surface area contributed by atoms with Crippen LogP contribution >= 0.6 is 15.9 Å². The van der Waals surface area contributed by atoms with Crippen LogP contribution < -0.4 is 4.74 Å². The topological polar surface area (TPSA) is 66.8 Å². The SMILES string of the molecule is COc1ccc(Br)cc1C1CCCN1C(=O)CC(C)CC(=O)O. The Morgan fingerprint density at radius 1 is 1.43 bits per heavy atom. The number of likely N-dealkylation sites (tertiary alicyclic amines) is 1. The van der Waals surface area contributed by atoms with Crippen molar-refractivity contribution in [2.24, 2.45) is 5.92 Å². The Hall–Kier alpha value is -1.56. The largest absolute Gasteiger partial charge is 0.496 e. The van der Waals surface area contributed by atoms with E-state index >= 15 is 0 Å². The summed E-state index contributed by atoms with van der Waals surface area (Å²) in [5, 5.41) is 8.84. The zero-order valence-corrected chi connectivity index (χ0v) is 15.0. The molecule has 1 fully saturated rings. The van der Waals surface area contributed by atoms with Gasteiger partial charge in [-0.1, -0.05) is 22.9 Å². The average Bonchev–Trinajstić information content (AvgIpc) is 2.95. The van der Waals surface area contributed by atoms with Crippen LogP contribution in [-0.2, 0) is 9.59 Å².